The van der Waals surface area contributed by atoms with Crippen LogP contribution in [0.2, 0.25) is 0 Å². The van der Waals surface area contributed by atoms with Gasteiger partial charge in [-0.15, -0.1) is 0 Å². The molecule has 122 valence electrons. The van der Waals surface area contributed by atoms with Crippen LogP contribution in [0.1, 0.15) is 31.2 Å². The van der Waals surface area contributed by atoms with E-state index in [-0.39, 0.29) is 15.5 Å². The lowest BCUT2D eigenvalue weighted by atomic mass is 10.0. The van der Waals surface area contributed by atoms with Gasteiger partial charge in [0, 0.05) is 29.1 Å². The van der Waals surface area contributed by atoms with Crippen molar-refractivity contribution in [3.63, 3.8) is 0 Å². The molecule has 6 nitrogen and oxygen atoms in total. The Morgan fingerprint density at radius 1 is 1.30 bits per heavy atom. The molecule has 1 saturated carbocycles. The number of nitro benzene ring substituents is 1. The first kappa shape index (κ1) is 15.9. The summed E-state index contributed by atoms with van der Waals surface area (Å²) in [5, 5.41) is 16.4. The monoisotopic (exact) mass is 333 g/mol. The highest BCUT2D eigenvalue weighted by molar-refractivity contribution is 7.07. The lowest BCUT2D eigenvalue weighted by molar-refractivity contribution is -0.384. The first-order chi connectivity index (χ1) is 11.1. The number of aromatic nitrogens is 1. The number of nitro groups is 1. The Labute approximate surface area is 137 Å². The van der Waals surface area contributed by atoms with E-state index in [0.29, 0.717) is 17.3 Å². The molecule has 2 N–H and O–H groups in total. The molecule has 23 heavy (non-hydrogen) atoms. The van der Waals surface area contributed by atoms with Crippen LogP contribution in [0.15, 0.2) is 28.4 Å². The predicted molar refractivity (Wildman–Crippen MR) is 91.0 cm³/mol. The summed E-state index contributed by atoms with van der Waals surface area (Å²) in [5.41, 5.74) is 2.29. The smallest absolute Gasteiger partial charge is 0.304 e. The van der Waals surface area contributed by atoms with E-state index in [4.69, 9.17) is 0 Å². The van der Waals surface area contributed by atoms with Gasteiger partial charge in [-0.2, -0.15) is 0 Å². The van der Waals surface area contributed by atoms with Gasteiger partial charge in [-0.25, -0.2) is 0 Å². The third-order valence-electron chi connectivity index (χ3n) is 4.22. The van der Waals surface area contributed by atoms with Crippen molar-refractivity contribution in [2.24, 2.45) is 0 Å². The summed E-state index contributed by atoms with van der Waals surface area (Å²) < 4.78 is 0. The minimum Gasteiger partial charge on any atom is -0.314 e. The van der Waals surface area contributed by atoms with Gasteiger partial charge in [0.1, 0.15) is 0 Å². The Morgan fingerprint density at radius 3 is 2.74 bits per heavy atom. The molecule has 0 saturated heterocycles. The fraction of sp³-hybridized carbons (Fsp3) is 0.438. The Morgan fingerprint density at radius 2 is 2.09 bits per heavy atom. The topological polar surface area (TPSA) is 88.0 Å². The lowest BCUT2D eigenvalue weighted by Crippen LogP contribution is -2.28. The van der Waals surface area contributed by atoms with Crippen molar-refractivity contribution in [2.45, 2.75) is 38.1 Å². The molecule has 0 radical (unpaired) electrons. The fourth-order valence-corrected chi connectivity index (χ4v) is 3.64. The van der Waals surface area contributed by atoms with Gasteiger partial charge in [-0.1, -0.05) is 24.2 Å². The number of H-pyrrole nitrogens is 1. The maximum atomic E-state index is 11.3. The van der Waals surface area contributed by atoms with Crippen LogP contribution in [-0.2, 0) is 6.42 Å². The third kappa shape index (κ3) is 4.05. The van der Waals surface area contributed by atoms with Gasteiger partial charge in [0.25, 0.3) is 5.69 Å². The van der Waals surface area contributed by atoms with Crippen LogP contribution in [0.5, 0.6) is 0 Å². The molecule has 0 aliphatic heterocycles. The molecule has 1 aromatic heterocycles. The lowest BCUT2D eigenvalue weighted by Gasteiger charge is -2.12. The molecule has 2 aromatic rings. The predicted octanol–water partition coefficient (Wildman–Crippen LogP) is 3.09. The van der Waals surface area contributed by atoms with Crippen molar-refractivity contribution < 1.29 is 4.92 Å². The van der Waals surface area contributed by atoms with Crippen LogP contribution < -0.4 is 10.2 Å². The average molecular weight is 333 g/mol. The van der Waals surface area contributed by atoms with E-state index >= 15 is 0 Å². The zero-order chi connectivity index (χ0) is 16.2. The van der Waals surface area contributed by atoms with Crippen molar-refractivity contribution in [3.05, 3.63) is 48.9 Å². The summed E-state index contributed by atoms with van der Waals surface area (Å²) in [6, 6.07) is 5.62. The second-order valence-electron chi connectivity index (χ2n) is 5.89. The van der Waals surface area contributed by atoms with Gasteiger partial charge >= 0.3 is 4.87 Å². The van der Waals surface area contributed by atoms with Gasteiger partial charge in [-0.05, 0) is 37.4 Å². The molecule has 3 rings (SSSR count). The van der Waals surface area contributed by atoms with E-state index < -0.39 is 0 Å². The van der Waals surface area contributed by atoms with E-state index in [0.717, 1.165) is 29.9 Å². The van der Waals surface area contributed by atoms with Crippen LogP contribution in [-0.4, -0.2) is 22.5 Å². The maximum Gasteiger partial charge on any atom is 0.304 e. The van der Waals surface area contributed by atoms with E-state index in [1.54, 1.807) is 11.4 Å². The average Bonchev–Trinajstić information content (AvgIpc) is 3.18. The van der Waals surface area contributed by atoms with Crippen molar-refractivity contribution in [2.75, 3.05) is 6.54 Å². The van der Waals surface area contributed by atoms with Gasteiger partial charge in [0.15, 0.2) is 0 Å². The van der Waals surface area contributed by atoms with Gasteiger partial charge in [0.2, 0.25) is 0 Å². The Kier molecular flexibility index (Phi) is 4.88. The van der Waals surface area contributed by atoms with E-state index in [1.807, 2.05) is 6.07 Å². The van der Waals surface area contributed by atoms with Crippen molar-refractivity contribution in [1.82, 2.24) is 10.3 Å². The summed E-state index contributed by atoms with van der Waals surface area (Å²) in [7, 11) is 0. The SMILES string of the molecule is O=c1[nH]c(-c2cc(CCNC3CCCC3)cc([N+](=O)[O-])c2)cs1. The third-order valence-corrected chi connectivity index (χ3v) is 4.89. The van der Waals surface area contributed by atoms with Crippen molar-refractivity contribution in [3.8, 4) is 11.3 Å². The minimum absolute atomic E-state index is 0.0606. The molecule has 1 aliphatic rings. The highest BCUT2D eigenvalue weighted by Gasteiger charge is 2.15. The zero-order valence-electron chi connectivity index (χ0n) is 12.7. The second kappa shape index (κ2) is 7.06. The number of thiazole rings is 1. The molecule has 7 heteroatoms. The van der Waals surface area contributed by atoms with Crippen LogP contribution in [0.3, 0.4) is 0 Å². The van der Waals surface area contributed by atoms with Crippen LogP contribution in [0, 0.1) is 10.1 Å². The van der Waals surface area contributed by atoms with E-state index in [2.05, 4.69) is 10.3 Å². The highest BCUT2D eigenvalue weighted by atomic mass is 32.1. The number of aromatic amines is 1. The molecule has 0 amide bonds. The van der Waals surface area contributed by atoms with Crippen LogP contribution in [0.4, 0.5) is 5.69 Å². The number of benzene rings is 1. The Hall–Kier alpha value is -1.99. The van der Waals surface area contributed by atoms with Gasteiger partial charge in [0.05, 0.1) is 10.6 Å². The number of nitrogens with one attached hydrogen (secondary N) is 2. The van der Waals surface area contributed by atoms with Crippen molar-refractivity contribution >= 4 is 17.0 Å². The zero-order valence-corrected chi connectivity index (χ0v) is 13.5. The van der Waals surface area contributed by atoms with E-state index in [9.17, 15) is 14.9 Å². The molecule has 0 unspecified atom stereocenters. The first-order valence-corrected chi connectivity index (χ1v) is 8.70. The number of rotatable bonds is 6. The maximum absolute atomic E-state index is 11.3. The quantitative estimate of drug-likeness (QED) is 0.628. The highest BCUT2D eigenvalue weighted by Crippen LogP contribution is 2.25. The molecular weight excluding hydrogens is 314 g/mol. The van der Waals surface area contributed by atoms with Gasteiger partial charge < -0.3 is 10.3 Å². The Bertz CT molecular complexity index is 747. The number of hydrogen-bond donors (Lipinski definition) is 2. The first-order valence-electron chi connectivity index (χ1n) is 7.82. The summed E-state index contributed by atoms with van der Waals surface area (Å²) in [4.78, 5) is 24.6. The molecule has 1 heterocycles. The summed E-state index contributed by atoms with van der Waals surface area (Å²) >= 11 is 1.06. The summed E-state index contributed by atoms with van der Waals surface area (Å²) in [6.45, 7) is 0.811. The molecule has 0 bridgehead atoms. The molecule has 1 aliphatic carbocycles. The molecule has 1 aromatic carbocycles. The Balaban J connectivity index is 1.76. The fourth-order valence-electron chi connectivity index (χ4n) is 3.05. The summed E-state index contributed by atoms with van der Waals surface area (Å²) in [6.07, 6.45) is 5.74. The van der Waals surface area contributed by atoms with Gasteiger partial charge in [-0.3, -0.25) is 14.9 Å². The van der Waals surface area contributed by atoms with Crippen LogP contribution in [0.25, 0.3) is 11.3 Å². The standard InChI is InChI=1S/C16H19N3O3S/c20-16-18-15(10-23-16)12-7-11(8-14(9-12)19(21)22)5-6-17-13-3-1-2-4-13/h7-10,13,17H,1-6H2,(H,18,20). The normalized spacial score (nSPS) is 15.1. The number of hydrogen-bond acceptors (Lipinski definition) is 5. The molecule has 0 spiro atoms. The van der Waals surface area contributed by atoms with E-state index in [1.165, 1.54) is 31.7 Å². The molecular formula is C16H19N3O3S. The molecule has 1 fully saturated rings. The molecule has 0 atom stereocenters. The summed E-state index contributed by atoms with van der Waals surface area (Å²) in [5.74, 6) is 0. The second-order valence-corrected chi connectivity index (χ2v) is 6.73. The largest absolute Gasteiger partial charge is 0.314 e. The van der Waals surface area contributed by atoms with Crippen LogP contribution >= 0.6 is 11.3 Å². The minimum atomic E-state index is -0.387. The number of non-ortho nitro benzene ring substituents is 1. The number of nitrogens with zero attached hydrogens (tertiary/aromatic N) is 1. The van der Waals surface area contributed by atoms with Crippen molar-refractivity contribution in [1.29, 1.82) is 0 Å².